The molecule has 0 aliphatic carbocycles. The Morgan fingerprint density at radius 3 is 2.62 bits per heavy atom. The SMILES string of the molecule is O=C(CCCc1ccccc1)NCCNc1ccc(-n2cccn2)nn1. The first-order valence-corrected chi connectivity index (χ1v) is 8.69. The lowest BCUT2D eigenvalue weighted by Gasteiger charge is -2.07. The van der Waals surface area contributed by atoms with Crippen LogP contribution < -0.4 is 10.6 Å². The summed E-state index contributed by atoms with van der Waals surface area (Å²) >= 11 is 0. The molecule has 0 atom stereocenters. The van der Waals surface area contributed by atoms with Gasteiger partial charge >= 0.3 is 0 Å². The second-order valence-corrected chi connectivity index (χ2v) is 5.84. The van der Waals surface area contributed by atoms with Crippen LogP contribution in [0.15, 0.2) is 60.9 Å². The van der Waals surface area contributed by atoms with Crippen molar-refractivity contribution in [3.63, 3.8) is 0 Å². The van der Waals surface area contributed by atoms with Crippen molar-refractivity contribution in [1.29, 1.82) is 0 Å². The van der Waals surface area contributed by atoms with E-state index in [0.717, 1.165) is 12.8 Å². The van der Waals surface area contributed by atoms with Crippen LogP contribution in [0.25, 0.3) is 5.82 Å². The van der Waals surface area contributed by atoms with Crippen molar-refractivity contribution in [1.82, 2.24) is 25.3 Å². The van der Waals surface area contributed by atoms with E-state index in [4.69, 9.17) is 0 Å². The molecule has 2 aromatic heterocycles. The van der Waals surface area contributed by atoms with Crippen molar-refractivity contribution < 1.29 is 4.79 Å². The summed E-state index contributed by atoms with van der Waals surface area (Å²) in [7, 11) is 0. The van der Waals surface area contributed by atoms with E-state index in [2.05, 4.69) is 38.1 Å². The number of amides is 1. The van der Waals surface area contributed by atoms with E-state index < -0.39 is 0 Å². The van der Waals surface area contributed by atoms with Crippen LogP contribution in [0.2, 0.25) is 0 Å². The Morgan fingerprint density at radius 1 is 1.00 bits per heavy atom. The van der Waals surface area contributed by atoms with Gasteiger partial charge in [0.1, 0.15) is 5.82 Å². The number of nitrogens with one attached hydrogen (secondary N) is 2. The molecule has 0 unspecified atom stereocenters. The van der Waals surface area contributed by atoms with Crippen molar-refractivity contribution in [3.05, 3.63) is 66.5 Å². The van der Waals surface area contributed by atoms with E-state index in [1.165, 1.54) is 5.56 Å². The lowest BCUT2D eigenvalue weighted by Crippen LogP contribution is -2.28. The number of carbonyl (C=O) groups excluding carboxylic acids is 1. The lowest BCUT2D eigenvalue weighted by atomic mass is 10.1. The normalized spacial score (nSPS) is 10.5. The minimum atomic E-state index is 0.0721. The molecule has 1 amide bonds. The van der Waals surface area contributed by atoms with Crippen LogP contribution >= 0.6 is 0 Å². The third-order valence-corrected chi connectivity index (χ3v) is 3.85. The average Bonchev–Trinajstić information content (AvgIpc) is 3.21. The molecule has 0 saturated carbocycles. The zero-order valence-electron chi connectivity index (χ0n) is 14.5. The summed E-state index contributed by atoms with van der Waals surface area (Å²) in [4.78, 5) is 11.8. The molecule has 1 aromatic carbocycles. The molecule has 0 radical (unpaired) electrons. The molecule has 3 rings (SSSR count). The van der Waals surface area contributed by atoms with Crippen LogP contribution in [0, 0.1) is 0 Å². The van der Waals surface area contributed by atoms with Gasteiger partial charge in [-0.1, -0.05) is 30.3 Å². The highest BCUT2D eigenvalue weighted by molar-refractivity contribution is 5.75. The minimum absolute atomic E-state index is 0.0721. The van der Waals surface area contributed by atoms with Gasteiger partial charge in [0.15, 0.2) is 5.82 Å². The lowest BCUT2D eigenvalue weighted by molar-refractivity contribution is -0.121. The Hall–Kier alpha value is -3.22. The number of rotatable bonds is 9. The minimum Gasteiger partial charge on any atom is -0.367 e. The maximum absolute atomic E-state index is 11.8. The molecular weight excluding hydrogens is 328 g/mol. The third-order valence-electron chi connectivity index (χ3n) is 3.85. The number of aryl methyl sites for hydroxylation is 1. The molecule has 0 aliphatic rings. The molecule has 26 heavy (non-hydrogen) atoms. The summed E-state index contributed by atoms with van der Waals surface area (Å²) < 4.78 is 1.65. The van der Waals surface area contributed by atoms with Crippen molar-refractivity contribution in [2.24, 2.45) is 0 Å². The van der Waals surface area contributed by atoms with Crippen LogP contribution in [0.3, 0.4) is 0 Å². The van der Waals surface area contributed by atoms with Crippen molar-refractivity contribution in [2.75, 3.05) is 18.4 Å². The van der Waals surface area contributed by atoms with E-state index >= 15 is 0 Å². The van der Waals surface area contributed by atoms with Crippen LogP contribution in [0.1, 0.15) is 18.4 Å². The summed E-state index contributed by atoms with van der Waals surface area (Å²) in [5.41, 5.74) is 1.26. The highest BCUT2D eigenvalue weighted by atomic mass is 16.1. The fraction of sp³-hybridized carbons (Fsp3) is 0.263. The van der Waals surface area contributed by atoms with E-state index in [1.807, 2.05) is 42.6 Å². The number of carbonyl (C=O) groups is 1. The second kappa shape index (κ2) is 9.31. The Balaban J connectivity index is 1.30. The van der Waals surface area contributed by atoms with Gasteiger partial charge in [-0.15, -0.1) is 10.2 Å². The van der Waals surface area contributed by atoms with Crippen LogP contribution in [-0.4, -0.2) is 39.0 Å². The first-order valence-electron chi connectivity index (χ1n) is 8.69. The molecule has 0 aliphatic heterocycles. The first kappa shape index (κ1) is 17.6. The molecule has 0 saturated heterocycles. The Labute approximate surface area is 152 Å². The van der Waals surface area contributed by atoms with Crippen LogP contribution in [-0.2, 0) is 11.2 Å². The molecule has 0 spiro atoms. The van der Waals surface area contributed by atoms with Gasteiger partial charge in [-0.25, -0.2) is 4.68 Å². The smallest absolute Gasteiger partial charge is 0.220 e. The molecule has 7 nitrogen and oxygen atoms in total. The number of nitrogens with zero attached hydrogens (tertiary/aromatic N) is 4. The second-order valence-electron chi connectivity index (χ2n) is 5.84. The van der Waals surface area contributed by atoms with Gasteiger partial charge < -0.3 is 10.6 Å². The van der Waals surface area contributed by atoms with E-state index in [0.29, 0.717) is 31.1 Å². The predicted molar refractivity (Wildman–Crippen MR) is 100 cm³/mol. The van der Waals surface area contributed by atoms with Gasteiger partial charge in [0, 0.05) is 31.9 Å². The van der Waals surface area contributed by atoms with Gasteiger partial charge in [0.05, 0.1) is 0 Å². The first-order chi connectivity index (χ1) is 12.8. The van der Waals surface area contributed by atoms with Gasteiger partial charge in [0.25, 0.3) is 0 Å². The Morgan fingerprint density at radius 2 is 1.88 bits per heavy atom. The number of aromatic nitrogens is 4. The molecule has 0 fully saturated rings. The summed E-state index contributed by atoms with van der Waals surface area (Å²) in [5, 5.41) is 18.4. The summed E-state index contributed by atoms with van der Waals surface area (Å²) in [6.07, 6.45) is 5.81. The van der Waals surface area contributed by atoms with Crippen molar-refractivity contribution in [2.45, 2.75) is 19.3 Å². The molecule has 7 heteroatoms. The van der Waals surface area contributed by atoms with Gasteiger partial charge in [-0.2, -0.15) is 5.10 Å². The molecular formula is C19H22N6O. The topological polar surface area (TPSA) is 84.7 Å². The van der Waals surface area contributed by atoms with Gasteiger partial charge in [0.2, 0.25) is 5.91 Å². The summed E-state index contributed by atoms with van der Waals surface area (Å²) in [6.45, 7) is 1.15. The van der Waals surface area contributed by atoms with Crippen LogP contribution in [0.4, 0.5) is 5.82 Å². The zero-order chi connectivity index (χ0) is 18.0. The highest BCUT2D eigenvalue weighted by Gasteiger charge is 2.02. The van der Waals surface area contributed by atoms with Crippen molar-refractivity contribution in [3.8, 4) is 5.82 Å². The van der Waals surface area contributed by atoms with E-state index in [-0.39, 0.29) is 5.91 Å². The zero-order valence-corrected chi connectivity index (χ0v) is 14.5. The quantitative estimate of drug-likeness (QED) is 0.578. The summed E-state index contributed by atoms with van der Waals surface area (Å²) in [6, 6.07) is 15.7. The Bertz CT molecular complexity index is 787. The number of anilines is 1. The van der Waals surface area contributed by atoms with Gasteiger partial charge in [-0.3, -0.25) is 4.79 Å². The number of hydrogen-bond acceptors (Lipinski definition) is 5. The van der Waals surface area contributed by atoms with Gasteiger partial charge in [-0.05, 0) is 36.6 Å². The molecule has 134 valence electrons. The third kappa shape index (κ3) is 5.41. The average molecular weight is 350 g/mol. The largest absolute Gasteiger partial charge is 0.367 e. The Kier molecular flexibility index (Phi) is 6.30. The molecule has 0 bridgehead atoms. The monoisotopic (exact) mass is 350 g/mol. The maximum Gasteiger partial charge on any atom is 0.220 e. The molecule has 3 aromatic rings. The fourth-order valence-corrected chi connectivity index (χ4v) is 2.52. The number of benzene rings is 1. The number of hydrogen-bond donors (Lipinski definition) is 2. The van der Waals surface area contributed by atoms with E-state index in [9.17, 15) is 4.79 Å². The molecule has 2 N–H and O–H groups in total. The summed E-state index contributed by atoms with van der Waals surface area (Å²) in [5.74, 6) is 1.40. The fourth-order valence-electron chi connectivity index (χ4n) is 2.52. The van der Waals surface area contributed by atoms with Crippen LogP contribution in [0.5, 0.6) is 0 Å². The molecule has 2 heterocycles. The standard InChI is InChI=1S/C19H22N6O/c26-19(9-4-8-16-6-2-1-3-7-16)21-14-13-20-17-10-11-18(24-23-17)25-15-5-12-22-25/h1-3,5-7,10-12,15H,4,8-9,13-14H2,(H,20,23)(H,21,26). The highest BCUT2D eigenvalue weighted by Crippen LogP contribution is 2.05. The maximum atomic E-state index is 11.8. The van der Waals surface area contributed by atoms with Crippen molar-refractivity contribution >= 4 is 11.7 Å². The predicted octanol–water partition coefficient (Wildman–Crippen LogP) is 2.21. The van der Waals surface area contributed by atoms with E-state index in [1.54, 1.807) is 10.9 Å².